The molecular formula is C26H28ClN3O2S. The number of nitrogens with zero attached hydrogens (tertiary/aromatic N) is 1. The molecule has 0 amide bonds. The van der Waals surface area contributed by atoms with Crippen molar-refractivity contribution in [2.45, 2.75) is 23.8 Å². The van der Waals surface area contributed by atoms with Crippen molar-refractivity contribution in [1.29, 1.82) is 0 Å². The summed E-state index contributed by atoms with van der Waals surface area (Å²) in [5, 5.41) is 5.21. The molecule has 4 rings (SSSR count). The van der Waals surface area contributed by atoms with Crippen LogP contribution in [0.2, 0.25) is 0 Å². The SMILES string of the molecule is CC(CNCC(c1ccccc1)c1ccccc1)NS(=O)(=O)c1ccc2cnccc2c1.Cl. The minimum Gasteiger partial charge on any atom is -0.314 e. The molecule has 0 saturated heterocycles. The molecule has 0 radical (unpaired) electrons. The molecule has 0 aliphatic rings. The van der Waals surface area contributed by atoms with Crippen LogP contribution < -0.4 is 10.0 Å². The number of pyridine rings is 1. The van der Waals surface area contributed by atoms with E-state index < -0.39 is 10.0 Å². The topological polar surface area (TPSA) is 71.1 Å². The van der Waals surface area contributed by atoms with Gasteiger partial charge >= 0.3 is 0 Å². The van der Waals surface area contributed by atoms with Gasteiger partial charge < -0.3 is 5.32 Å². The van der Waals surface area contributed by atoms with Crippen LogP contribution in [0.4, 0.5) is 0 Å². The Balaban J connectivity index is 0.00000306. The Kier molecular flexibility index (Phi) is 8.58. The van der Waals surface area contributed by atoms with Gasteiger partial charge in [0.2, 0.25) is 10.0 Å². The molecule has 0 aliphatic heterocycles. The van der Waals surface area contributed by atoms with Gasteiger partial charge in [-0.2, -0.15) is 0 Å². The number of halogens is 1. The molecule has 0 saturated carbocycles. The van der Waals surface area contributed by atoms with Crippen LogP contribution in [0.1, 0.15) is 24.0 Å². The predicted molar refractivity (Wildman–Crippen MR) is 136 cm³/mol. The Morgan fingerprint density at radius 1 is 0.818 bits per heavy atom. The molecule has 2 N–H and O–H groups in total. The molecule has 7 heteroatoms. The summed E-state index contributed by atoms with van der Waals surface area (Å²) in [7, 11) is -3.62. The Labute approximate surface area is 201 Å². The van der Waals surface area contributed by atoms with Crippen molar-refractivity contribution in [3.63, 3.8) is 0 Å². The lowest BCUT2D eigenvalue weighted by molar-refractivity contribution is 0.529. The smallest absolute Gasteiger partial charge is 0.240 e. The molecule has 1 aromatic heterocycles. The summed E-state index contributed by atoms with van der Waals surface area (Å²) in [5.41, 5.74) is 2.45. The molecule has 0 spiro atoms. The van der Waals surface area contributed by atoms with Crippen molar-refractivity contribution in [2.24, 2.45) is 0 Å². The predicted octanol–water partition coefficient (Wildman–Crippen LogP) is 4.75. The highest BCUT2D eigenvalue weighted by Gasteiger charge is 2.19. The lowest BCUT2D eigenvalue weighted by Gasteiger charge is -2.21. The molecule has 0 fully saturated rings. The van der Waals surface area contributed by atoms with E-state index in [4.69, 9.17) is 0 Å². The summed E-state index contributed by atoms with van der Waals surface area (Å²) in [6, 6.07) is 27.3. The van der Waals surface area contributed by atoms with Gasteiger partial charge in [-0.25, -0.2) is 13.1 Å². The van der Waals surface area contributed by atoms with Gasteiger partial charge in [0.25, 0.3) is 0 Å². The van der Waals surface area contributed by atoms with Crippen LogP contribution in [0.5, 0.6) is 0 Å². The van der Waals surface area contributed by atoms with Crippen molar-refractivity contribution >= 4 is 33.2 Å². The summed E-state index contributed by atoms with van der Waals surface area (Å²) in [6.07, 6.45) is 3.39. The van der Waals surface area contributed by atoms with Crippen LogP contribution in [0, 0.1) is 0 Å². The first kappa shape index (κ1) is 24.9. The summed E-state index contributed by atoms with van der Waals surface area (Å²) >= 11 is 0. The van der Waals surface area contributed by atoms with E-state index in [2.05, 4.69) is 39.3 Å². The van der Waals surface area contributed by atoms with Crippen LogP contribution in [0.25, 0.3) is 10.8 Å². The molecule has 3 aromatic carbocycles. The van der Waals surface area contributed by atoms with Gasteiger partial charge in [-0.1, -0.05) is 66.7 Å². The summed E-state index contributed by atoms with van der Waals surface area (Å²) < 4.78 is 28.5. The lowest BCUT2D eigenvalue weighted by Crippen LogP contribution is -2.41. The van der Waals surface area contributed by atoms with Crippen LogP contribution in [-0.4, -0.2) is 32.5 Å². The van der Waals surface area contributed by atoms with Crippen LogP contribution in [-0.2, 0) is 10.0 Å². The number of hydrogen-bond donors (Lipinski definition) is 2. The number of nitrogens with one attached hydrogen (secondary N) is 2. The molecular weight excluding hydrogens is 454 g/mol. The largest absolute Gasteiger partial charge is 0.314 e. The number of aromatic nitrogens is 1. The summed E-state index contributed by atoms with van der Waals surface area (Å²) in [4.78, 5) is 4.33. The lowest BCUT2D eigenvalue weighted by atomic mass is 9.91. The van der Waals surface area contributed by atoms with Gasteiger partial charge in [0.15, 0.2) is 0 Å². The van der Waals surface area contributed by atoms with E-state index in [1.807, 2.05) is 49.4 Å². The van der Waals surface area contributed by atoms with E-state index >= 15 is 0 Å². The second kappa shape index (κ2) is 11.4. The second-order valence-electron chi connectivity index (χ2n) is 7.94. The highest BCUT2D eigenvalue weighted by Crippen LogP contribution is 2.23. The minimum absolute atomic E-state index is 0. The maximum atomic E-state index is 12.9. The van der Waals surface area contributed by atoms with E-state index in [1.165, 1.54) is 11.1 Å². The van der Waals surface area contributed by atoms with Gasteiger partial charge in [0.05, 0.1) is 4.90 Å². The molecule has 4 aromatic rings. The maximum Gasteiger partial charge on any atom is 0.240 e. The highest BCUT2D eigenvalue weighted by molar-refractivity contribution is 7.89. The molecule has 5 nitrogen and oxygen atoms in total. The van der Waals surface area contributed by atoms with Crippen LogP contribution in [0.3, 0.4) is 0 Å². The van der Waals surface area contributed by atoms with Gasteiger partial charge in [0.1, 0.15) is 0 Å². The van der Waals surface area contributed by atoms with E-state index in [1.54, 1.807) is 30.6 Å². The number of fused-ring (bicyclic) bond motifs is 1. The molecule has 172 valence electrons. The zero-order valence-electron chi connectivity index (χ0n) is 18.4. The van der Waals surface area contributed by atoms with E-state index in [-0.39, 0.29) is 29.3 Å². The average molecular weight is 482 g/mol. The van der Waals surface area contributed by atoms with Gasteiger partial charge in [0, 0.05) is 42.8 Å². The average Bonchev–Trinajstić information content (AvgIpc) is 2.82. The Hall–Kier alpha value is -2.77. The van der Waals surface area contributed by atoms with Crippen LogP contribution >= 0.6 is 12.4 Å². The van der Waals surface area contributed by atoms with Crippen molar-refractivity contribution in [3.8, 4) is 0 Å². The highest BCUT2D eigenvalue weighted by atomic mass is 35.5. The zero-order valence-corrected chi connectivity index (χ0v) is 20.0. The summed E-state index contributed by atoms with van der Waals surface area (Å²) in [6.45, 7) is 3.10. The fourth-order valence-electron chi connectivity index (χ4n) is 3.85. The molecule has 1 unspecified atom stereocenters. The zero-order chi connectivity index (χ0) is 22.4. The maximum absolute atomic E-state index is 12.9. The Bertz CT molecular complexity index is 1230. The summed E-state index contributed by atoms with van der Waals surface area (Å²) in [5.74, 6) is 0.190. The fraction of sp³-hybridized carbons (Fsp3) is 0.192. The van der Waals surface area contributed by atoms with Gasteiger partial charge in [-0.05, 0) is 41.6 Å². The third-order valence-electron chi connectivity index (χ3n) is 5.48. The number of hydrogen-bond acceptors (Lipinski definition) is 4. The van der Waals surface area contributed by atoms with Crippen molar-refractivity contribution in [1.82, 2.24) is 15.0 Å². The number of sulfonamides is 1. The second-order valence-corrected chi connectivity index (χ2v) is 9.65. The normalized spacial score (nSPS) is 12.4. The standard InChI is InChI=1S/C26H27N3O2S.ClH/c1-20(29-32(30,31)25-13-12-24-18-27-15-14-23(24)16-25)17-28-19-26(21-8-4-2-5-9-21)22-10-6-3-7-11-22;/h2-16,18,20,26,28-29H,17,19H2,1H3;1H. The molecule has 1 atom stereocenters. The van der Waals surface area contributed by atoms with E-state index in [9.17, 15) is 8.42 Å². The minimum atomic E-state index is -3.62. The fourth-order valence-corrected chi connectivity index (χ4v) is 5.12. The van der Waals surface area contributed by atoms with Crippen LogP contribution in [0.15, 0.2) is 102 Å². The molecule has 0 bridgehead atoms. The molecule has 0 aliphatic carbocycles. The first-order chi connectivity index (χ1) is 15.5. The van der Waals surface area contributed by atoms with E-state index in [0.717, 1.165) is 10.8 Å². The van der Waals surface area contributed by atoms with E-state index in [0.29, 0.717) is 13.1 Å². The van der Waals surface area contributed by atoms with Crippen molar-refractivity contribution < 1.29 is 8.42 Å². The van der Waals surface area contributed by atoms with Crippen molar-refractivity contribution in [3.05, 3.63) is 108 Å². The molecule has 1 heterocycles. The monoisotopic (exact) mass is 481 g/mol. The Morgan fingerprint density at radius 3 is 2.09 bits per heavy atom. The third-order valence-corrected chi connectivity index (χ3v) is 7.07. The quantitative estimate of drug-likeness (QED) is 0.362. The third kappa shape index (κ3) is 6.39. The van der Waals surface area contributed by atoms with Gasteiger partial charge in [-0.15, -0.1) is 12.4 Å². The first-order valence-corrected chi connectivity index (χ1v) is 12.2. The Morgan fingerprint density at radius 2 is 1.45 bits per heavy atom. The number of benzene rings is 3. The molecule has 33 heavy (non-hydrogen) atoms. The van der Waals surface area contributed by atoms with Crippen molar-refractivity contribution in [2.75, 3.05) is 13.1 Å². The first-order valence-electron chi connectivity index (χ1n) is 10.7. The van der Waals surface area contributed by atoms with Gasteiger partial charge in [-0.3, -0.25) is 4.98 Å². The number of rotatable bonds is 9.